The van der Waals surface area contributed by atoms with Gasteiger partial charge in [-0.05, 0) is 23.4 Å². The van der Waals surface area contributed by atoms with E-state index in [0.29, 0.717) is 5.69 Å². The number of halogens is 2. The highest BCUT2D eigenvalue weighted by Crippen LogP contribution is 2.19. The quantitative estimate of drug-likeness (QED) is 0.884. The number of rotatable bonds is 3. The van der Waals surface area contributed by atoms with E-state index in [1.54, 1.807) is 0 Å². The van der Waals surface area contributed by atoms with Crippen molar-refractivity contribution in [3.05, 3.63) is 34.7 Å². The maximum atomic E-state index is 12.9. The van der Waals surface area contributed by atoms with Gasteiger partial charge in [-0.15, -0.1) is 0 Å². The van der Waals surface area contributed by atoms with Gasteiger partial charge in [0.25, 0.3) is 0 Å². The van der Waals surface area contributed by atoms with Crippen LogP contribution >= 0.6 is 11.6 Å². The van der Waals surface area contributed by atoms with Gasteiger partial charge in [0.15, 0.2) is 5.82 Å². The van der Waals surface area contributed by atoms with Crippen LogP contribution in [-0.4, -0.2) is 16.2 Å². The molecule has 6 nitrogen and oxygen atoms in total. The normalized spacial score (nSPS) is 10.3. The Morgan fingerprint density at radius 1 is 1.50 bits per heavy atom. The minimum Gasteiger partial charge on any atom is -0.379 e. The SMILES string of the molecule is Nc1nonc1CC(=O)Nc1ccc(F)c(Cl)c1. The fourth-order valence-electron chi connectivity index (χ4n) is 1.27. The van der Waals surface area contributed by atoms with Crippen LogP contribution in [0.15, 0.2) is 22.8 Å². The largest absolute Gasteiger partial charge is 0.379 e. The number of hydrogen-bond acceptors (Lipinski definition) is 5. The van der Waals surface area contributed by atoms with Crippen molar-refractivity contribution in [2.75, 3.05) is 11.1 Å². The number of nitrogens with two attached hydrogens (primary N) is 1. The van der Waals surface area contributed by atoms with Crippen LogP contribution in [0.25, 0.3) is 0 Å². The molecule has 1 aromatic carbocycles. The summed E-state index contributed by atoms with van der Waals surface area (Å²) in [5, 5.41) is 9.26. The van der Waals surface area contributed by atoms with Crippen LogP contribution in [0.5, 0.6) is 0 Å². The molecule has 0 saturated carbocycles. The van der Waals surface area contributed by atoms with Crippen LogP contribution in [0.3, 0.4) is 0 Å². The van der Waals surface area contributed by atoms with E-state index < -0.39 is 5.82 Å². The second-order valence-electron chi connectivity index (χ2n) is 3.45. The van der Waals surface area contributed by atoms with Gasteiger partial charge in [0, 0.05) is 5.69 Å². The zero-order chi connectivity index (χ0) is 13.1. The number of carbonyl (C=O) groups is 1. The van der Waals surface area contributed by atoms with E-state index in [4.69, 9.17) is 17.3 Å². The zero-order valence-electron chi connectivity index (χ0n) is 8.98. The average molecular weight is 271 g/mol. The Morgan fingerprint density at radius 3 is 2.89 bits per heavy atom. The van der Waals surface area contributed by atoms with Gasteiger partial charge >= 0.3 is 0 Å². The number of anilines is 2. The van der Waals surface area contributed by atoms with Crippen LogP contribution in [-0.2, 0) is 11.2 Å². The molecule has 0 unspecified atom stereocenters. The molecule has 1 amide bonds. The molecule has 0 radical (unpaired) electrons. The van der Waals surface area contributed by atoms with Gasteiger partial charge in [-0.3, -0.25) is 4.79 Å². The van der Waals surface area contributed by atoms with Crippen molar-refractivity contribution in [3.63, 3.8) is 0 Å². The van der Waals surface area contributed by atoms with Gasteiger partial charge in [0.2, 0.25) is 5.91 Å². The molecule has 0 aliphatic carbocycles. The molecule has 2 aromatic rings. The molecule has 0 saturated heterocycles. The molecular weight excluding hydrogens is 263 g/mol. The third-order valence-electron chi connectivity index (χ3n) is 2.12. The predicted octanol–water partition coefficient (Wildman–Crippen LogP) is 1.63. The summed E-state index contributed by atoms with van der Waals surface area (Å²) in [6, 6.07) is 3.85. The number of nitrogens with zero attached hydrogens (tertiary/aromatic N) is 2. The van der Waals surface area contributed by atoms with E-state index >= 15 is 0 Å². The first-order chi connectivity index (χ1) is 8.56. The third-order valence-corrected chi connectivity index (χ3v) is 2.41. The lowest BCUT2D eigenvalue weighted by atomic mass is 10.2. The average Bonchev–Trinajstić information content (AvgIpc) is 2.70. The summed E-state index contributed by atoms with van der Waals surface area (Å²) >= 11 is 5.58. The Morgan fingerprint density at radius 2 is 2.28 bits per heavy atom. The Balaban J connectivity index is 2.03. The van der Waals surface area contributed by atoms with E-state index in [1.165, 1.54) is 12.1 Å². The highest BCUT2D eigenvalue weighted by Gasteiger charge is 2.12. The first-order valence-corrected chi connectivity index (χ1v) is 5.26. The summed E-state index contributed by atoms with van der Waals surface area (Å²) in [6.45, 7) is 0. The molecule has 94 valence electrons. The molecular formula is C10H8ClFN4O2. The number of nitrogens with one attached hydrogen (secondary N) is 1. The van der Waals surface area contributed by atoms with Gasteiger partial charge in [-0.2, -0.15) is 0 Å². The molecule has 2 rings (SSSR count). The minimum atomic E-state index is -0.556. The molecule has 1 heterocycles. The van der Waals surface area contributed by atoms with Crippen molar-refractivity contribution in [2.24, 2.45) is 0 Å². The molecule has 1 aromatic heterocycles. The van der Waals surface area contributed by atoms with Gasteiger partial charge in [0.05, 0.1) is 11.4 Å². The lowest BCUT2D eigenvalue weighted by Crippen LogP contribution is -2.15. The molecule has 0 aliphatic rings. The summed E-state index contributed by atoms with van der Waals surface area (Å²) in [6.07, 6.45) is -0.0929. The van der Waals surface area contributed by atoms with Crippen molar-refractivity contribution >= 4 is 29.0 Å². The van der Waals surface area contributed by atoms with E-state index in [2.05, 4.69) is 20.3 Å². The van der Waals surface area contributed by atoms with E-state index in [-0.39, 0.29) is 28.9 Å². The number of nitrogen functional groups attached to an aromatic ring is 1. The molecule has 8 heteroatoms. The molecule has 0 atom stereocenters. The first kappa shape index (κ1) is 12.3. The van der Waals surface area contributed by atoms with Crippen LogP contribution in [0, 0.1) is 5.82 Å². The van der Waals surface area contributed by atoms with Gasteiger partial charge < -0.3 is 11.1 Å². The van der Waals surface area contributed by atoms with Crippen molar-refractivity contribution < 1.29 is 13.8 Å². The standard InChI is InChI=1S/C10H8ClFN4O2/c11-6-3-5(1-2-7(6)12)14-9(17)4-8-10(13)16-18-15-8/h1-3H,4H2,(H2,13,16)(H,14,17). The Hall–Kier alpha value is -2.15. The molecule has 0 fully saturated rings. The summed E-state index contributed by atoms with van der Waals surface area (Å²) < 4.78 is 17.3. The number of benzene rings is 1. The second-order valence-corrected chi connectivity index (χ2v) is 3.86. The summed E-state index contributed by atoms with van der Waals surface area (Å²) in [5.74, 6) is -0.887. The van der Waals surface area contributed by atoms with Crippen molar-refractivity contribution in [1.82, 2.24) is 10.3 Å². The van der Waals surface area contributed by atoms with Crippen LogP contribution in [0.1, 0.15) is 5.69 Å². The number of hydrogen-bond donors (Lipinski definition) is 2. The summed E-state index contributed by atoms with van der Waals surface area (Å²) in [7, 11) is 0. The highest BCUT2D eigenvalue weighted by atomic mass is 35.5. The third kappa shape index (κ3) is 2.75. The Kier molecular flexibility index (Phi) is 3.42. The lowest BCUT2D eigenvalue weighted by Gasteiger charge is -2.04. The van der Waals surface area contributed by atoms with Gasteiger partial charge in [-0.1, -0.05) is 16.8 Å². The Labute approximate surface area is 106 Å². The molecule has 0 aliphatic heterocycles. The minimum absolute atomic E-state index is 0.0577. The number of carbonyl (C=O) groups excluding carboxylic acids is 1. The van der Waals surface area contributed by atoms with Gasteiger partial charge in [0.1, 0.15) is 11.5 Å². The topological polar surface area (TPSA) is 94.0 Å². The smallest absolute Gasteiger partial charge is 0.230 e. The summed E-state index contributed by atoms with van der Waals surface area (Å²) in [5.41, 5.74) is 6.02. The van der Waals surface area contributed by atoms with Crippen molar-refractivity contribution in [3.8, 4) is 0 Å². The molecule has 3 N–H and O–H groups in total. The van der Waals surface area contributed by atoms with Crippen LogP contribution < -0.4 is 11.1 Å². The fourth-order valence-corrected chi connectivity index (χ4v) is 1.45. The number of aromatic nitrogens is 2. The zero-order valence-corrected chi connectivity index (χ0v) is 9.74. The Bertz CT molecular complexity index is 587. The first-order valence-electron chi connectivity index (χ1n) is 4.88. The van der Waals surface area contributed by atoms with E-state index in [1.807, 2.05) is 0 Å². The monoisotopic (exact) mass is 270 g/mol. The van der Waals surface area contributed by atoms with Crippen molar-refractivity contribution in [2.45, 2.75) is 6.42 Å². The van der Waals surface area contributed by atoms with Gasteiger partial charge in [-0.25, -0.2) is 9.02 Å². The predicted molar refractivity (Wildman–Crippen MR) is 62.5 cm³/mol. The van der Waals surface area contributed by atoms with Crippen LogP contribution in [0.4, 0.5) is 15.9 Å². The maximum absolute atomic E-state index is 12.9. The highest BCUT2D eigenvalue weighted by molar-refractivity contribution is 6.31. The summed E-state index contributed by atoms with van der Waals surface area (Å²) in [4.78, 5) is 11.6. The molecule has 0 spiro atoms. The van der Waals surface area contributed by atoms with Crippen molar-refractivity contribution in [1.29, 1.82) is 0 Å². The van der Waals surface area contributed by atoms with E-state index in [0.717, 1.165) is 6.07 Å². The maximum Gasteiger partial charge on any atom is 0.230 e. The fraction of sp³-hybridized carbons (Fsp3) is 0.100. The molecule has 0 bridgehead atoms. The van der Waals surface area contributed by atoms with E-state index in [9.17, 15) is 9.18 Å². The van der Waals surface area contributed by atoms with Crippen LogP contribution in [0.2, 0.25) is 5.02 Å². The number of amides is 1. The second kappa shape index (κ2) is 5.01. The lowest BCUT2D eigenvalue weighted by molar-refractivity contribution is -0.115. The molecule has 18 heavy (non-hydrogen) atoms.